The average molecular weight is 212 g/mol. The van der Waals surface area contributed by atoms with Crippen LogP contribution in [-0.2, 0) is 19.1 Å². The van der Waals surface area contributed by atoms with Gasteiger partial charge in [-0.1, -0.05) is 0 Å². The van der Waals surface area contributed by atoms with E-state index in [0.717, 1.165) is 4.90 Å². The highest BCUT2D eigenvalue weighted by Gasteiger charge is 2.59. The summed E-state index contributed by atoms with van der Waals surface area (Å²) in [6.45, 7) is -0.0721. The first-order chi connectivity index (χ1) is 7.06. The molecule has 2 N–H and O–H groups in total. The summed E-state index contributed by atoms with van der Waals surface area (Å²) in [4.78, 5) is 35.1. The predicted molar refractivity (Wildman–Crippen MR) is 48.3 cm³/mol. The molecule has 1 aliphatic heterocycles. The number of nitrogens with zero attached hydrogens (tertiary/aromatic N) is 1. The zero-order valence-corrected chi connectivity index (χ0v) is 8.30. The van der Waals surface area contributed by atoms with Crippen molar-refractivity contribution >= 4 is 17.8 Å². The molecule has 0 radical (unpaired) electrons. The quantitative estimate of drug-likeness (QED) is 0.454. The zero-order chi connectivity index (χ0) is 11.2. The lowest BCUT2D eigenvalue weighted by atomic mass is 10.3. The van der Waals surface area contributed by atoms with E-state index in [1.807, 2.05) is 0 Å². The van der Waals surface area contributed by atoms with Crippen molar-refractivity contribution in [3.63, 3.8) is 0 Å². The first-order valence-electron chi connectivity index (χ1n) is 4.75. The van der Waals surface area contributed by atoms with Crippen molar-refractivity contribution in [1.82, 2.24) is 4.90 Å². The normalized spacial score (nSPS) is 30.1. The number of nitrogens with two attached hydrogens (primary N) is 1. The summed E-state index contributed by atoms with van der Waals surface area (Å²) >= 11 is 0. The van der Waals surface area contributed by atoms with Crippen LogP contribution in [0, 0.1) is 11.8 Å². The van der Waals surface area contributed by atoms with E-state index in [2.05, 4.69) is 4.74 Å². The van der Waals surface area contributed by atoms with Crippen molar-refractivity contribution in [2.75, 3.05) is 13.7 Å². The van der Waals surface area contributed by atoms with Crippen LogP contribution in [0.1, 0.15) is 6.42 Å². The summed E-state index contributed by atoms with van der Waals surface area (Å²) in [6, 6.07) is -0.944. The summed E-state index contributed by atoms with van der Waals surface area (Å²) in [7, 11) is 1.22. The Morgan fingerprint density at radius 1 is 1.53 bits per heavy atom. The number of esters is 1. The molecule has 2 aliphatic rings. The number of imide groups is 1. The molecule has 6 nitrogen and oxygen atoms in total. The summed E-state index contributed by atoms with van der Waals surface area (Å²) in [6.07, 6.45) is 0.654. The van der Waals surface area contributed by atoms with E-state index in [0.29, 0.717) is 6.42 Å². The molecule has 0 aromatic heterocycles. The molecule has 1 saturated carbocycles. The molecule has 0 bridgehead atoms. The lowest BCUT2D eigenvalue weighted by Crippen LogP contribution is -2.46. The highest BCUT2D eigenvalue weighted by atomic mass is 16.5. The number of carbonyl (C=O) groups is 3. The Hall–Kier alpha value is -1.43. The fourth-order valence-electron chi connectivity index (χ4n) is 1.85. The largest absolute Gasteiger partial charge is 0.468 e. The maximum Gasteiger partial charge on any atom is 0.324 e. The van der Waals surface area contributed by atoms with Gasteiger partial charge in [0.25, 0.3) is 0 Å². The summed E-state index contributed by atoms with van der Waals surface area (Å²) in [5.41, 5.74) is 5.47. The molecule has 0 aromatic carbocycles. The van der Waals surface area contributed by atoms with Crippen LogP contribution in [0.4, 0.5) is 0 Å². The van der Waals surface area contributed by atoms with Crippen LogP contribution < -0.4 is 5.73 Å². The second-order valence-electron chi connectivity index (χ2n) is 3.87. The third-order valence-electron chi connectivity index (χ3n) is 2.84. The van der Waals surface area contributed by atoms with Gasteiger partial charge in [-0.2, -0.15) is 0 Å². The molecular formula is C9H12N2O4. The van der Waals surface area contributed by atoms with E-state index >= 15 is 0 Å². The second kappa shape index (κ2) is 3.30. The Morgan fingerprint density at radius 2 is 2.07 bits per heavy atom. The van der Waals surface area contributed by atoms with Crippen molar-refractivity contribution in [3.8, 4) is 0 Å². The lowest BCUT2D eigenvalue weighted by molar-refractivity contribution is -0.145. The molecule has 6 heteroatoms. The fraction of sp³-hybridized carbons (Fsp3) is 0.667. The standard InChI is InChI=1S/C9H12N2O4/c1-15-9(14)6(10)3-11-7(12)4-2-5(4)8(11)13/h4-6H,2-3,10H2,1H3. The van der Waals surface area contributed by atoms with Crippen molar-refractivity contribution in [2.45, 2.75) is 12.5 Å². The van der Waals surface area contributed by atoms with E-state index in [9.17, 15) is 14.4 Å². The maximum absolute atomic E-state index is 11.5. The number of hydrogen-bond acceptors (Lipinski definition) is 5. The van der Waals surface area contributed by atoms with Crippen LogP contribution in [0.2, 0.25) is 0 Å². The van der Waals surface area contributed by atoms with Crippen LogP contribution in [0.15, 0.2) is 0 Å². The Kier molecular flexibility index (Phi) is 2.22. The summed E-state index contributed by atoms with van der Waals surface area (Å²) in [5.74, 6) is -1.32. The van der Waals surface area contributed by atoms with Crippen LogP contribution in [-0.4, -0.2) is 42.4 Å². The van der Waals surface area contributed by atoms with Crippen molar-refractivity contribution in [3.05, 3.63) is 0 Å². The zero-order valence-electron chi connectivity index (χ0n) is 8.30. The molecule has 1 saturated heterocycles. The van der Waals surface area contributed by atoms with Crippen LogP contribution in [0.5, 0.6) is 0 Å². The van der Waals surface area contributed by atoms with Gasteiger partial charge in [0, 0.05) is 0 Å². The van der Waals surface area contributed by atoms with Gasteiger partial charge in [0.2, 0.25) is 11.8 Å². The second-order valence-corrected chi connectivity index (χ2v) is 3.87. The number of rotatable bonds is 3. The molecule has 2 fully saturated rings. The molecule has 1 aliphatic carbocycles. The molecule has 1 heterocycles. The molecular weight excluding hydrogens is 200 g/mol. The number of amides is 2. The number of methoxy groups -OCH3 is 1. The number of piperidine rings is 1. The molecule has 82 valence electrons. The third-order valence-corrected chi connectivity index (χ3v) is 2.84. The summed E-state index contributed by atoms with van der Waals surface area (Å²) < 4.78 is 4.42. The van der Waals surface area contributed by atoms with Crippen molar-refractivity contribution < 1.29 is 19.1 Å². The molecule has 2 amide bonds. The minimum absolute atomic E-state index is 0.0721. The Morgan fingerprint density at radius 3 is 2.53 bits per heavy atom. The number of ether oxygens (including phenoxy) is 1. The van der Waals surface area contributed by atoms with E-state index in [1.54, 1.807) is 0 Å². The highest BCUT2D eigenvalue weighted by Crippen LogP contribution is 2.46. The maximum atomic E-state index is 11.5. The van der Waals surface area contributed by atoms with Gasteiger partial charge in [-0.3, -0.25) is 19.3 Å². The van der Waals surface area contributed by atoms with E-state index in [1.165, 1.54) is 7.11 Å². The van der Waals surface area contributed by atoms with Crippen molar-refractivity contribution in [1.29, 1.82) is 0 Å². The SMILES string of the molecule is COC(=O)C(N)CN1C(=O)C2CC2C1=O. The van der Waals surface area contributed by atoms with Crippen LogP contribution >= 0.6 is 0 Å². The minimum atomic E-state index is -0.944. The van der Waals surface area contributed by atoms with Gasteiger partial charge in [-0.25, -0.2) is 0 Å². The molecule has 3 unspecified atom stereocenters. The Balaban J connectivity index is 1.98. The monoisotopic (exact) mass is 212 g/mol. The van der Waals surface area contributed by atoms with Gasteiger partial charge < -0.3 is 10.5 Å². The predicted octanol–water partition coefficient (Wildman–Crippen LogP) is -1.51. The van der Waals surface area contributed by atoms with E-state index in [4.69, 9.17) is 5.73 Å². The minimum Gasteiger partial charge on any atom is -0.468 e. The average Bonchev–Trinajstić information content (AvgIpc) is 2.97. The molecule has 15 heavy (non-hydrogen) atoms. The van der Waals surface area contributed by atoms with Crippen LogP contribution in [0.3, 0.4) is 0 Å². The molecule has 0 aromatic rings. The lowest BCUT2D eigenvalue weighted by Gasteiger charge is -2.19. The topological polar surface area (TPSA) is 89.7 Å². The number of fused-ring (bicyclic) bond motifs is 1. The number of likely N-dealkylation sites (tertiary alicyclic amines) is 1. The third kappa shape index (κ3) is 1.50. The smallest absolute Gasteiger partial charge is 0.324 e. The van der Waals surface area contributed by atoms with Crippen LogP contribution in [0.25, 0.3) is 0 Å². The van der Waals surface area contributed by atoms with Gasteiger partial charge in [0.15, 0.2) is 0 Å². The van der Waals surface area contributed by atoms with Gasteiger partial charge in [0.05, 0.1) is 25.5 Å². The first kappa shape index (κ1) is 10.1. The highest BCUT2D eigenvalue weighted by molar-refractivity contribution is 6.09. The van der Waals surface area contributed by atoms with Crippen molar-refractivity contribution in [2.24, 2.45) is 17.6 Å². The fourth-order valence-corrected chi connectivity index (χ4v) is 1.85. The molecule has 0 spiro atoms. The van der Waals surface area contributed by atoms with E-state index in [-0.39, 0.29) is 30.2 Å². The van der Waals surface area contributed by atoms with Gasteiger partial charge in [-0.05, 0) is 6.42 Å². The first-order valence-corrected chi connectivity index (χ1v) is 4.75. The number of hydrogen-bond donors (Lipinski definition) is 1. The Labute approximate surface area is 86.3 Å². The number of carbonyl (C=O) groups excluding carboxylic acids is 3. The van der Waals surface area contributed by atoms with E-state index < -0.39 is 12.0 Å². The van der Waals surface area contributed by atoms with Gasteiger partial charge in [0.1, 0.15) is 6.04 Å². The summed E-state index contributed by atoms with van der Waals surface area (Å²) in [5, 5.41) is 0. The van der Waals surface area contributed by atoms with Gasteiger partial charge in [-0.15, -0.1) is 0 Å². The molecule has 2 rings (SSSR count). The Bertz CT molecular complexity index is 321. The molecule has 3 atom stereocenters. The van der Waals surface area contributed by atoms with Gasteiger partial charge >= 0.3 is 5.97 Å².